The van der Waals surface area contributed by atoms with E-state index in [2.05, 4.69) is 10.2 Å². The van der Waals surface area contributed by atoms with E-state index < -0.39 is 17.0 Å². The summed E-state index contributed by atoms with van der Waals surface area (Å²) in [5, 5.41) is 18.4. The molecule has 0 unspecified atom stereocenters. The van der Waals surface area contributed by atoms with Crippen LogP contribution in [0, 0.1) is 10.1 Å². The first kappa shape index (κ1) is 20.6. The summed E-state index contributed by atoms with van der Waals surface area (Å²) in [5.41, 5.74) is 0.978. The SMILES string of the molecule is CC(=O)c1ccc(OCC(=O)O[C@@H](C)c2nnc(-c3ccc([N+](=O)[O-])cc3)o2)cc1. The number of ether oxygens (including phenoxy) is 2. The second-order valence-corrected chi connectivity index (χ2v) is 6.25. The third-order valence-electron chi connectivity index (χ3n) is 4.04. The van der Waals surface area contributed by atoms with Gasteiger partial charge >= 0.3 is 5.97 Å². The number of ketones is 1. The smallest absolute Gasteiger partial charge is 0.344 e. The van der Waals surface area contributed by atoms with Gasteiger partial charge in [0.2, 0.25) is 5.89 Å². The summed E-state index contributed by atoms with van der Waals surface area (Å²) in [6.07, 6.45) is -0.819. The van der Waals surface area contributed by atoms with Crippen LogP contribution in [0.4, 0.5) is 5.69 Å². The zero-order valence-electron chi connectivity index (χ0n) is 16.1. The molecule has 1 heterocycles. The van der Waals surface area contributed by atoms with Crippen LogP contribution in [-0.2, 0) is 9.53 Å². The lowest BCUT2D eigenvalue weighted by atomic mass is 10.1. The molecule has 1 aromatic heterocycles. The minimum Gasteiger partial charge on any atom is -0.482 e. The highest BCUT2D eigenvalue weighted by molar-refractivity contribution is 5.94. The van der Waals surface area contributed by atoms with Crippen molar-refractivity contribution in [1.82, 2.24) is 10.2 Å². The Hall–Kier alpha value is -4.08. The molecule has 0 N–H and O–H groups in total. The summed E-state index contributed by atoms with van der Waals surface area (Å²) in [6.45, 7) is 2.68. The molecule has 0 aliphatic carbocycles. The van der Waals surface area contributed by atoms with Gasteiger partial charge in [-0.1, -0.05) is 0 Å². The van der Waals surface area contributed by atoms with Crippen LogP contribution in [0.15, 0.2) is 52.9 Å². The first-order valence-corrected chi connectivity index (χ1v) is 8.85. The quantitative estimate of drug-likeness (QED) is 0.236. The summed E-state index contributed by atoms with van der Waals surface area (Å²) >= 11 is 0. The molecule has 0 bridgehead atoms. The molecule has 2 aromatic carbocycles. The maximum absolute atomic E-state index is 12.0. The van der Waals surface area contributed by atoms with Crippen molar-refractivity contribution in [2.24, 2.45) is 0 Å². The fourth-order valence-electron chi connectivity index (χ4n) is 2.45. The summed E-state index contributed by atoms with van der Waals surface area (Å²) in [5.74, 6) is -0.0781. The Morgan fingerprint density at radius 2 is 1.77 bits per heavy atom. The minimum atomic E-state index is -0.819. The number of esters is 1. The van der Waals surface area contributed by atoms with E-state index in [0.717, 1.165) is 0 Å². The number of non-ortho nitro benzene ring substituents is 1. The van der Waals surface area contributed by atoms with Crippen LogP contribution in [0.3, 0.4) is 0 Å². The average Bonchev–Trinajstić information content (AvgIpc) is 3.23. The molecule has 0 fully saturated rings. The van der Waals surface area contributed by atoms with Crippen LogP contribution in [0.5, 0.6) is 5.75 Å². The normalized spacial score (nSPS) is 11.5. The Bertz CT molecular complexity index is 1060. The number of carbonyl (C=O) groups is 2. The molecule has 0 saturated heterocycles. The van der Waals surface area contributed by atoms with Crippen molar-refractivity contribution >= 4 is 17.4 Å². The Balaban J connectivity index is 1.55. The molecular formula is C20H17N3O7. The number of rotatable bonds is 8. The molecule has 10 nitrogen and oxygen atoms in total. The molecule has 0 amide bonds. The van der Waals surface area contributed by atoms with Crippen molar-refractivity contribution in [3.63, 3.8) is 0 Å². The van der Waals surface area contributed by atoms with Crippen molar-refractivity contribution in [2.45, 2.75) is 20.0 Å². The van der Waals surface area contributed by atoms with Gasteiger partial charge in [-0.2, -0.15) is 0 Å². The third-order valence-corrected chi connectivity index (χ3v) is 4.04. The van der Waals surface area contributed by atoms with E-state index in [4.69, 9.17) is 13.9 Å². The highest BCUT2D eigenvalue weighted by Crippen LogP contribution is 2.24. The standard InChI is InChI=1S/C20H17N3O7/c1-12(24)14-5-9-17(10-6-14)28-11-18(25)29-13(2)19-21-22-20(30-19)15-3-7-16(8-4-15)23(26)27/h3-10,13H,11H2,1-2H3/t13-/m0/s1. The van der Waals surface area contributed by atoms with E-state index in [1.807, 2.05) is 0 Å². The maximum Gasteiger partial charge on any atom is 0.344 e. The predicted molar refractivity (Wildman–Crippen MR) is 103 cm³/mol. The van der Waals surface area contributed by atoms with Crippen LogP contribution < -0.4 is 4.74 Å². The molecule has 30 heavy (non-hydrogen) atoms. The fourth-order valence-corrected chi connectivity index (χ4v) is 2.45. The van der Waals surface area contributed by atoms with Crippen molar-refractivity contribution < 1.29 is 28.4 Å². The van der Waals surface area contributed by atoms with Gasteiger partial charge in [0.25, 0.3) is 11.6 Å². The number of nitrogens with zero attached hydrogens (tertiary/aromatic N) is 3. The van der Waals surface area contributed by atoms with Gasteiger partial charge in [0.15, 0.2) is 18.5 Å². The van der Waals surface area contributed by atoms with Crippen LogP contribution in [-0.4, -0.2) is 33.5 Å². The van der Waals surface area contributed by atoms with Crippen LogP contribution in [0.2, 0.25) is 0 Å². The van der Waals surface area contributed by atoms with E-state index in [1.54, 1.807) is 31.2 Å². The number of nitro benzene ring substituents is 1. The summed E-state index contributed by atoms with van der Waals surface area (Å²) < 4.78 is 16.0. The Morgan fingerprint density at radius 1 is 1.10 bits per heavy atom. The average molecular weight is 411 g/mol. The highest BCUT2D eigenvalue weighted by atomic mass is 16.6. The molecule has 10 heteroatoms. The summed E-state index contributed by atoms with van der Waals surface area (Å²) in [6, 6.07) is 12.0. The molecule has 0 spiro atoms. The van der Waals surface area contributed by atoms with E-state index in [1.165, 1.54) is 31.2 Å². The first-order chi connectivity index (χ1) is 14.3. The number of aromatic nitrogens is 2. The zero-order chi connectivity index (χ0) is 21.7. The number of benzene rings is 2. The maximum atomic E-state index is 12.0. The van der Waals surface area contributed by atoms with Crippen molar-refractivity contribution in [3.05, 3.63) is 70.1 Å². The van der Waals surface area contributed by atoms with Crippen LogP contribution in [0.1, 0.15) is 36.2 Å². The zero-order valence-corrected chi connectivity index (χ0v) is 16.1. The predicted octanol–water partition coefficient (Wildman–Crippen LogP) is 3.53. The minimum absolute atomic E-state index is 0.0586. The number of nitro groups is 1. The van der Waals surface area contributed by atoms with Crippen LogP contribution in [0.25, 0.3) is 11.5 Å². The van der Waals surface area contributed by atoms with E-state index >= 15 is 0 Å². The van der Waals surface area contributed by atoms with Crippen molar-refractivity contribution in [2.75, 3.05) is 6.61 Å². The summed E-state index contributed by atoms with van der Waals surface area (Å²) in [7, 11) is 0. The fraction of sp³-hybridized carbons (Fsp3) is 0.200. The Labute approximate surface area is 170 Å². The number of hydrogen-bond acceptors (Lipinski definition) is 9. The molecule has 3 aromatic rings. The van der Waals surface area contributed by atoms with Gasteiger partial charge in [0.1, 0.15) is 5.75 Å². The topological polar surface area (TPSA) is 135 Å². The number of Topliss-reactive ketones (excluding diaryl/α,β-unsaturated/α-hetero) is 1. The van der Waals surface area contributed by atoms with Crippen LogP contribution >= 0.6 is 0 Å². The van der Waals surface area contributed by atoms with Crippen molar-refractivity contribution in [3.8, 4) is 17.2 Å². The molecule has 3 rings (SSSR count). The van der Waals surface area contributed by atoms with Crippen molar-refractivity contribution in [1.29, 1.82) is 0 Å². The number of carbonyl (C=O) groups excluding carboxylic acids is 2. The van der Waals surface area contributed by atoms with E-state index in [9.17, 15) is 19.7 Å². The first-order valence-electron chi connectivity index (χ1n) is 8.85. The lowest BCUT2D eigenvalue weighted by Crippen LogP contribution is -2.17. The van der Waals surface area contributed by atoms with Gasteiger partial charge in [-0.25, -0.2) is 4.79 Å². The van der Waals surface area contributed by atoms with Gasteiger partial charge < -0.3 is 13.9 Å². The third kappa shape index (κ3) is 5.04. The molecule has 0 aliphatic rings. The largest absolute Gasteiger partial charge is 0.482 e. The van der Waals surface area contributed by atoms with Gasteiger partial charge in [0.05, 0.1) is 4.92 Å². The second-order valence-electron chi connectivity index (χ2n) is 6.25. The second kappa shape index (κ2) is 8.95. The molecule has 0 radical (unpaired) electrons. The van der Waals surface area contributed by atoms with E-state index in [0.29, 0.717) is 16.9 Å². The monoisotopic (exact) mass is 411 g/mol. The van der Waals surface area contributed by atoms with Gasteiger partial charge in [0, 0.05) is 23.3 Å². The molecule has 1 atom stereocenters. The lowest BCUT2D eigenvalue weighted by molar-refractivity contribution is -0.384. The number of hydrogen-bond donors (Lipinski definition) is 0. The molecular weight excluding hydrogens is 394 g/mol. The van der Waals surface area contributed by atoms with Gasteiger partial charge in [-0.05, 0) is 50.2 Å². The van der Waals surface area contributed by atoms with E-state index in [-0.39, 0.29) is 29.9 Å². The molecule has 0 saturated carbocycles. The van der Waals surface area contributed by atoms with Gasteiger partial charge in [-0.3, -0.25) is 14.9 Å². The summed E-state index contributed by atoms with van der Waals surface area (Å²) in [4.78, 5) is 33.5. The lowest BCUT2D eigenvalue weighted by Gasteiger charge is -2.10. The van der Waals surface area contributed by atoms with Gasteiger partial charge in [-0.15, -0.1) is 10.2 Å². The highest BCUT2D eigenvalue weighted by Gasteiger charge is 2.20. The molecule has 154 valence electrons. The Kier molecular flexibility index (Phi) is 6.16. The Morgan fingerprint density at radius 3 is 2.37 bits per heavy atom. The molecule has 0 aliphatic heterocycles.